The minimum absolute atomic E-state index is 0.000514. The molecule has 0 unspecified atom stereocenters. The number of carbonyl (C=O) groups excluding carboxylic acids is 1. The van der Waals surface area contributed by atoms with Crippen LogP contribution >= 0.6 is 0 Å². The van der Waals surface area contributed by atoms with Gasteiger partial charge < -0.3 is 15.4 Å². The molecule has 1 aromatic heterocycles. The summed E-state index contributed by atoms with van der Waals surface area (Å²) in [4.78, 5) is 18.9. The lowest BCUT2D eigenvalue weighted by Gasteiger charge is -2.30. The van der Waals surface area contributed by atoms with Crippen molar-refractivity contribution in [1.82, 2.24) is 9.88 Å². The molecule has 1 aliphatic heterocycles. The van der Waals surface area contributed by atoms with Gasteiger partial charge in [-0.05, 0) is 36.5 Å². The maximum absolute atomic E-state index is 13.0. The minimum Gasteiger partial charge on any atom is -0.384 e. The van der Waals surface area contributed by atoms with Gasteiger partial charge >= 0.3 is 0 Å². The molecule has 1 saturated heterocycles. The average molecular weight is 325 g/mol. The maximum Gasteiger partial charge on any atom is 0.254 e. The van der Waals surface area contributed by atoms with E-state index in [1.807, 2.05) is 35.2 Å². The smallest absolute Gasteiger partial charge is 0.254 e. The fourth-order valence-corrected chi connectivity index (χ4v) is 3.03. The van der Waals surface area contributed by atoms with Crippen LogP contribution in [-0.4, -0.2) is 35.5 Å². The van der Waals surface area contributed by atoms with Gasteiger partial charge in [-0.1, -0.05) is 30.3 Å². The number of nitrogens with zero attached hydrogens (tertiary/aromatic N) is 2. The predicted octanol–water partition coefficient (Wildman–Crippen LogP) is 2.73. The highest BCUT2D eigenvalue weighted by atomic mass is 16.5. The second-order valence-corrected chi connectivity index (χ2v) is 6.20. The van der Waals surface area contributed by atoms with Gasteiger partial charge in [0.15, 0.2) is 0 Å². The molecule has 0 aliphatic carbocycles. The third-order valence-corrected chi connectivity index (χ3v) is 4.35. The largest absolute Gasteiger partial charge is 0.384 e. The van der Waals surface area contributed by atoms with E-state index in [9.17, 15) is 4.79 Å². The number of aromatic nitrogens is 1. The molecule has 1 aliphatic rings. The van der Waals surface area contributed by atoms with E-state index in [0.717, 1.165) is 38.2 Å². The van der Waals surface area contributed by atoms with Crippen molar-refractivity contribution in [2.24, 2.45) is 5.92 Å². The number of ether oxygens (including phenoxy) is 1. The lowest BCUT2D eigenvalue weighted by atomic mass is 9.99. The highest BCUT2D eigenvalue weighted by Gasteiger charge is 2.22. The van der Waals surface area contributed by atoms with Gasteiger partial charge in [0.05, 0.1) is 0 Å². The molecule has 2 heterocycles. The highest BCUT2D eigenvalue weighted by molar-refractivity contribution is 5.94. The Morgan fingerprint density at radius 2 is 1.96 bits per heavy atom. The summed E-state index contributed by atoms with van der Waals surface area (Å²) < 4.78 is 5.43. The Kier molecular flexibility index (Phi) is 5.43. The normalized spacial score (nSPS) is 15.2. The summed E-state index contributed by atoms with van der Waals surface area (Å²) in [6.45, 7) is 2.89. The highest BCUT2D eigenvalue weighted by Crippen LogP contribution is 2.19. The Bertz CT molecular complexity index is 669. The Hall–Kier alpha value is -2.40. The Balaban J connectivity index is 1.78. The van der Waals surface area contributed by atoms with Crippen molar-refractivity contribution in [2.75, 3.05) is 25.5 Å². The fraction of sp³-hybridized carbons (Fsp3) is 0.368. The van der Waals surface area contributed by atoms with E-state index in [-0.39, 0.29) is 5.91 Å². The van der Waals surface area contributed by atoms with Gasteiger partial charge in [0.25, 0.3) is 5.91 Å². The van der Waals surface area contributed by atoms with E-state index in [4.69, 9.17) is 10.5 Å². The molecule has 0 atom stereocenters. The van der Waals surface area contributed by atoms with Crippen LogP contribution in [0.1, 0.15) is 28.8 Å². The van der Waals surface area contributed by atoms with Crippen LogP contribution in [0.4, 0.5) is 5.82 Å². The SMILES string of the molecule is Nc1cc(C(=O)N(Cc2ccccc2)CC2CCOCC2)ccn1. The van der Waals surface area contributed by atoms with Crippen molar-refractivity contribution in [2.45, 2.75) is 19.4 Å². The van der Waals surface area contributed by atoms with E-state index in [1.165, 1.54) is 0 Å². The summed E-state index contributed by atoms with van der Waals surface area (Å²) in [5, 5.41) is 0. The maximum atomic E-state index is 13.0. The molecule has 24 heavy (non-hydrogen) atoms. The second-order valence-electron chi connectivity index (χ2n) is 6.20. The molecule has 1 aromatic carbocycles. The van der Waals surface area contributed by atoms with Gasteiger partial charge in [0, 0.05) is 38.1 Å². The zero-order valence-corrected chi connectivity index (χ0v) is 13.7. The van der Waals surface area contributed by atoms with E-state index in [1.54, 1.807) is 18.3 Å². The molecule has 3 rings (SSSR count). The number of benzene rings is 1. The van der Waals surface area contributed by atoms with Crippen LogP contribution in [0.15, 0.2) is 48.7 Å². The van der Waals surface area contributed by atoms with Gasteiger partial charge in [0.1, 0.15) is 5.82 Å². The molecule has 126 valence electrons. The van der Waals surface area contributed by atoms with Crippen molar-refractivity contribution in [1.29, 1.82) is 0 Å². The summed E-state index contributed by atoms with van der Waals surface area (Å²) in [5.74, 6) is 0.844. The van der Waals surface area contributed by atoms with Gasteiger partial charge in [-0.25, -0.2) is 4.98 Å². The molecule has 0 saturated carbocycles. The first-order valence-electron chi connectivity index (χ1n) is 8.35. The number of anilines is 1. The van der Waals surface area contributed by atoms with Gasteiger partial charge in [-0.2, -0.15) is 0 Å². The van der Waals surface area contributed by atoms with Crippen molar-refractivity contribution >= 4 is 11.7 Å². The van der Waals surface area contributed by atoms with Gasteiger partial charge in [-0.3, -0.25) is 4.79 Å². The summed E-state index contributed by atoms with van der Waals surface area (Å²) in [6, 6.07) is 13.4. The van der Waals surface area contributed by atoms with Crippen LogP contribution in [0.2, 0.25) is 0 Å². The zero-order chi connectivity index (χ0) is 16.8. The zero-order valence-electron chi connectivity index (χ0n) is 13.7. The molecule has 1 amide bonds. The Morgan fingerprint density at radius 3 is 2.67 bits per heavy atom. The number of rotatable bonds is 5. The fourth-order valence-electron chi connectivity index (χ4n) is 3.03. The summed E-state index contributed by atoms with van der Waals surface area (Å²) in [5.41, 5.74) is 7.45. The van der Waals surface area contributed by atoms with Crippen molar-refractivity contribution < 1.29 is 9.53 Å². The average Bonchev–Trinajstić information content (AvgIpc) is 2.62. The van der Waals surface area contributed by atoms with Gasteiger partial charge in [0.2, 0.25) is 0 Å². The summed E-state index contributed by atoms with van der Waals surface area (Å²) in [6.07, 6.45) is 3.58. The van der Waals surface area contributed by atoms with Crippen LogP contribution in [0, 0.1) is 5.92 Å². The standard InChI is InChI=1S/C19H23N3O2/c20-18-12-17(6-9-21-18)19(23)22(13-15-4-2-1-3-5-15)14-16-7-10-24-11-8-16/h1-6,9,12,16H,7-8,10-11,13-14H2,(H2,20,21). The third-order valence-electron chi connectivity index (χ3n) is 4.35. The molecule has 0 spiro atoms. The molecule has 2 N–H and O–H groups in total. The molecule has 5 nitrogen and oxygen atoms in total. The van der Waals surface area contributed by atoms with E-state index in [0.29, 0.717) is 23.8 Å². The minimum atomic E-state index is -0.000514. The van der Waals surface area contributed by atoms with Crippen LogP contribution in [-0.2, 0) is 11.3 Å². The van der Waals surface area contributed by atoms with Crippen molar-refractivity contribution in [3.05, 3.63) is 59.8 Å². The molecule has 0 bridgehead atoms. The number of pyridine rings is 1. The first-order valence-corrected chi connectivity index (χ1v) is 8.35. The van der Waals surface area contributed by atoms with Crippen LogP contribution in [0.5, 0.6) is 0 Å². The van der Waals surface area contributed by atoms with Crippen molar-refractivity contribution in [3.8, 4) is 0 Å². The Morgan fingerprint density at radius 1 is 1.21 bits per heavy atom. The van der Waals surface area contributed by atoms with E-state index in [2.05, 4.69) is 4.98 Å². The second kappa shape index (κ2) is 7.93. The molecule has 5 heteroatoms. The quantitative estimate of drug-likeness (QED) is 0.918. The van der Waals surface area contributed by atoms with Crippen LogP contribution < -0.4 is 5.73 Å². The first kappa shape index (κ1) is 16.5. The molecular formula is C19H23N3O2. The molecular weight excluding hydrogens is 302 g/mol. The lowest BCUT2D eigenvalue weighted by molar-refractivity contribution is 0.0446. The monoisotopic (exact) mass is 325 g/mol. The van der Waals surface area contributed by atoms with Crippen LogP contribution in [0.25, 0.3) is 0 Å². The topological polar surface area (TPSA) is 68.5 Å². The number of carbonyl (C=O) groups is 1. The Labute approximate surface area is 142 Å². The van der Waals surface area contributed by atoms with Gasteiger partial charge in [-0.15, -0.1) is 0 Å². The lowest BCUT2D eigenvalue weighted by Crippen LogP contribution is -2.36. The predicted molar refractivity (Wildman–Crippen MR) is 93.4 cm³/mol. The van der Waals surface area contributed by atoms with Crippen molar-refractivity contribution in [3.63, 3.8) is 0 Å². The molecule has 1 fully saturated rings. The number of amides is 1. The van der Waals surface area contributed by atoms with E-state index < -0.39 is 0 Å². The number of nitrogen functional groups attached to an aromatic ring is 1. The first-order chi connectivity index (χ1) is 11.7. The molecule has 2 aromatic rings. The summed E-state index contributed by atoms with van der Waals surface area (Å²) >= 11 is 0. The summed E-state index contributed by atoms with van der Waals surface area (Å²) in [7, 11) is 0. The molecule has 0 radical (unpaired) electrons. The third kappa shape index (κ3) is 4.32. The number of hydrogen-bond donors (Lipinski definition) is 1. The van der Waals surface area contributed by atoms with Crippen LogP contribution in [0.3, 0.4) is 0 Å². The van der Waals surface area contributed by atoms with E-state index >= 15 is 0 Å². The number of nitrogens with two attached hydrogens (primary N) is 1. The number of hydrogen-bond acceptors (Lipinski definition) is 4.